The molecule has 1 heterocycles. The minimum Gasteiger partial charge on any atom is -0.326 e. The van der Waals surface area contributed by atoms with E-state index in [1.807, 2.05) is 0 Å². The zero-order valence-electron chi connectivity index (χ0n) is 11.3. The van der Waals surface area contributed by atoms with Gasteiger partial charge in [0.2, 0.25) is 0 Å². The van der Waals surface area contributed by atoms with Crippen molar-refractivity contribution in [2.75, 3.05) is 6.54 Å². The maximum atomic E-state index is 12.2. The lowest BCUT2D eigenvalue weighted by atomic mass is 9.84. The van der Waals surface area contributed by atoms with E-state index >= 15 is 0 Å². The van der Waals surface area contributed by atoms with Gasteiger partial charge >= 0.3 is 0 Å². The molecular formula is C12H22N4O2S. The number of nitrogens with zero attached hydrogens (tertiary/aromatic N) is 1. The molecule has 0 saturated heterocycles. The first kappa shape index (κ1) is 14.5. The van der Waals surface area contributed by atoms with Gasteiger partial charge in [-0.05, 0) is 24.7 Å². The zero-order valence-corrected chi connectivity index (χ0v) is 12.1. The molecular weight excluding hydrogens is 264 g/mol. The van der Waals surface area contributed by atoms with Crippen LogP contribution in [0.25, 0.3) is 0 Å². The van der Waals surface area contributed by atoms with Crippen molar-refractivity contribution in [2.45, 2.75) is 50.6 Å². The predicted octanol–water partition coefficient (Wildman–Crippen LogP) is 1.12. The molecule has 1 aliphatic carbocycles. The van der Waals surface area contributed by atoms with Gasteiger partial charge in [0.25, 0.3) is 10.0 Å². The topological polar surface area (TPSA) is 101 Å². The fraction of sp³-hybridized carbons (Fsp3) is 0.750. The average Bonchev–Trinajstić information content (AvgIpc) is 3.06. The largest absolute Gasteiger partial charge is 0.326 e. The van der Waals surface area contributed by atoms with E-state index in [4.69, 9.17) is 5.73 Å². The highest BCUT2D eigenvalue weighted by molar-refractivity contribution is 7.89. The minimum atomic E-state index is -3.54. The summed E-state index contributed by atoms with van der Waals surface area (Å²) in [5.74, 6) is 0. The van der Waals surface area contributed by atoms with Crippen LogP contribution < -0.4 is 10.5 Å². The lowest BCUT2D eigenvalue weighted by Gasteiger charge is -2.27. The molecule has 0 radical (unpaired) electrons. The molecule has 1 fully saturated rings. The van der Waals surface area contributed by atoms with Crippen molar-refractivity contribution in [1.29, 1.82) is 0 Å². The average molecular weight is 286 g/mol. The Balaban J connectivity index is 2.10. The molecule has 0 aliphatic heterocycles. The van der Waals surface area contributed by atoms with E-state index in [1.165, 1.54) is 19.0 Å². The van der Waals surface area contributed by atoms with Crippen molar-refractivity contribution < 1.29 is 8.42 Å². The van der Waals surface area contributed by atoms with Crippen LogP contribution in [0.1, 0.15) is 44.6 Å². The normalized spacial score (nSPS) is 18.8. The Hall–Kier alpha value is -0.920. The molecule has 108 valence electrons. The summed E-state index contributed by atoms with van der Waals surface area (Å²) in [4.78, 5) is 0. The first-order chi connectivity index (χ1) is 9.03. The van der Waals surface area contributed by atoms with E-state index in [0.29, 0.717) is 12.1 Å². The van der Waals surface area contributed by atoms with Gasteiger partial charge < -0.3 is 5.73 Å². The third kappa shape index (κ3) is 2.98. The van der Waals surface area contributed by atoms with Gasteiger partial charge in [0.15, 0.2) is 5.03 Å². The number of rotatable bonds is 6. The van der Waals surface area contributed by atoms with Crippen LogP contribution in [-0.4, -0.2) is 25.2 Å². The van der Waals surface area contributed by atoms with Crippen LogP contribution in [0.4, 0.5) is 0 Å². The predicted molar refractivity (Wildman–Crippen MR) is 72.9 cm³/mol. The minimum absolute atomic E-state index is 0.0965. The van der Waals surface area contributed by atoms with E-state index in [2.05, 4.69) is 21.8 Å². The number of nitrogens with two attached hydrogens (primary N) is 1. The smallest absolute Gasteiger partial charge is 0.257 e. The van der Waals surface area contributed by atoms with Crippen LogP contribution in [0.15, 0.2) is 11.2 Å². The number of hydrogen-bond acceptors (Lipinski definition) is 4. The van der Waals surface area contributed by atoms with Gasteiger partial charge in [-0.3, -0.25) is 5.10 Å². The lowest BCUT2D eigenvalue weighted by Crippen LogP contribution is -2.36. The first-order valence-electron chi connectivity index (χ1n) is 6.75. The maximum Gasteiger partial charge on any atom is 0.257 e. The van der Waals surface area contributed by atoms with Crippen LogP contribution in [0.3, 0.4) is 0 Å². The van der Waals surface area contributed by atoms with E-state index < -0.39 is 10.0 Å². The highest BCUT2D eigenvalue weighted by atomic mass is 32.2. The number of aromatic nitrogens is 2. The SMILES string of the molecule is CCC1(CNS(=O)(=O)c2[nH]ncc2CN)CCCC1. The molecule has 0 aromatic carbocycles. The van der Waals surface area contributed by atoms with Gasteiger partial charge in [-0.1, -0.05) is 19.8 Å². The van der Waals surface area contributed by atoms with E-state index in [1.54, 1.807) is 0 Å². The Morgan fingerprint density at radius 2 is 2.16 bits per heavy atom. The van der Waals surface area contributed by atoms with Gasteiger partial charge in [0, 0.05) is 18.7 Å². The Bertz CT molecular complexity index is 518. The molecule has 1 aromatic heterocycles. The molecule has 0 spiro atoms. The first-order valence-corrected chi connectivity index (χ1v) is 8.23. The summed E-state index contributed by atoms with van der Waals surface area (Å²) < 4.78 is 27.2. The van der Waals surface area contributed by atoms with Crippen molar-refractivity contribution in [3.05, 3.63) is 11.8 Å². The third-order valence-electron chi connectivity index (χ3n) is 4.22. The van der Waals surface area contributed by atoms with E-state index in [-0.39, 0.29) is 17.0 Å². The highest BCUT2D eigenvalue weighted by Gasteiger charge is 2.33. The molecule has 1 aromatic rings. The second kappa shape index (κ2) is 5.60. The summed E-state index contributed by atoms with van der Waals surface area (Å²) in [6.45, 7) is 2.78. The molecule has 4 N–H and O–H groups in total. The molecule has 7 heteroatoms. The second-order valence-electron chi connectivity index (χ2n) is 5.31. The molecule has 0 atom stereocenters. The summed E-state index contributed by atoms with van der Waals surface area (Å²) in [6, 6.07) is 0. The molecule has 1 saturated carbocycles. The number of aromatic amines is 1. The van der Waals surface area contributed by atoms with Crippen molar-refractivity contribution >= 4 is 10.0 Å². The van der Waals surface area contributed by atoms with Crippen molar-refractivity contribution in [3.8, 4) is 0 Å². The van der Waals surface area contributed by atoms with Crippen LogP contribution in [0.2, 0.25) is 0 Å². The molecule has 2 rings (SSSR count). The third-order valence-corrected chi connectivity index (χ3v) is 5.63. The fourth-order valence-corrected chi connectivity index (χ4v) is 4.07. The summed E-state index contributed by atoms with van der Waals surface area (Å²) >= 11 is 0. The molecule has 19 heavy (non-hydrogen) atoms. The van der Waals surface area contributed by atoms with Crippen LogP contribution >= 0.6 is 0 Å². The van der Waals surface area contributed by atoms with Crippen LogP contribution in [-0.2, 0) is 16.6 Å². The van der Waals surface area contributed by atoms with Gasteiger partial charge in [0.05, 0.1) is 6.20 Å². The van der Waals surface area contributed by atoms with E-state index in [0.717, 1.165) is 19.3 Å². The summed E-state index contributed by atoms with van der Waals surface area (Å²) in [6.07, 6.45) is 7.03. The van der Waals surface area contributed by atoms with Crippen molar-refractivity contribution in [1.82, 2.24) is 14.9 Å². The molecule has 1 aliphatic rings. The summed E-state index contributed by atoms with van der Waals surface area (Å²) in [5, 5.41) is 6.37. The van der Waals surface area contributed by atoms with Gasteiger partial charge in [-0.15, -0.1) is 0 Å². The Morgan fingerprint density at radius 1 is 1.47 bits per heavy atom. The van der Waals surface area contributed by atoms with E-state index in [9.17, 15) is 8.42 Å². The lowest BCUT2D eigenvalue weighted by molar-refractivity contribution is 0.285. The zero-order chi connectivity index (χ0) is 13.9. The summed E-state index contributed by atoms with van der Waals surface area (Å²) in [5.41, 5.74) is 6.15. The molecule has 0 amide bonds. The van der Waals surface area contributed by atoms with Crippen LogP contribution in [0.5, 0.6) is 0 Å². The van der Waals surface area contributed by atoms with Crippen molar-refractivity contribution in [2.24, 2.45) is 11.1 Å². The standard InChI is InChI=1S/C12H22N4O2S/c1-2-12(5-3-4-6-12)9-15-19(17,18)11-10(7-13)8-14-16-11/h8,15H,2-7,9,13H2,1H3,(H,14,16). The maximum absolute atomic E-state index is 12.2. The Labute approximate surface area is 114 Å². The van der Waals surface area contributed by atoms with Crippen LogP contribution in [0, 0.1) is 5.41 Å². The highest BCUT2D eigenvalue weighted by Crippen LogP contribution is 2.40. The molecule has 0 bridgehead atoms. The fourth-order valence-electron chi connectivity index (χ4n) is 2.78. The summed E-state index contributed by atoms with van der Waals surface area (Å²) in [7, 11) is -3.54. The van der Waals surface area contributed by atoms with Crippen molar-refractivity contribution in [3.63, 3.8) is 0 Å². The molecule has 0 unspecified atom stereocenters. The monoisotopic (exact) mass is 286 g/mol. The second-order valence-corrected chi connectivity index (χ2v) is 7.02. The Kier molecular flexibility index (Phi) is 4.27. The number of H-pyrrole nitrogens is 1. The van der Waals surface area contributed by atoms with Gasteiger partial charge in [-0.25, -0.2) is 13.1 Å². The quantitative estimate of drug-likeness (QED) is 0.729. The Morgan fingerprint density at radius 3 is 2.74 bits per heavy atom. The number of sulfonamides is 1. The van der Waals surface area contributed by atoms with Gasteiger partial charge in [0.1, 0.15) is 0 Å². The number of hydrogen-bond donors (Lipinski definition) is 3. The van der Waals surface area contributed by atoms with Gasteiger partial charge in [-0.2, -0.15) is 5.10 Å². The molecule has 6 nitrogen and oxygen atoms in total. The number of nitrogens with one attached hydrogen (secondary N) is 2.